The fourth-order valence-corrected chi connectivity index (χ4v) is 3.85. The fraction of sp³-hybridized carbons (Fsp3) is 0.333. The van der Waals surface area contributed by atoms with Crippen molar-refractivity contribution in [3.05, 3.63) is 28.5 Å². The number of allylic oxidation sites excluding steroid dienone is 1. The number of hydrogen-bond donors (Lipinski definition) is 0. The van der Waals surface area contributed by atoms with Crippen LogP contribution >= 0.6 is 23.1 Å². The van der Waals surface area contributed by atoms with E-state index in [1.807, 2.05) is 23.6 Å². The van der Waals surface area contributed by atoms with Gasteiger partial charge in [-0.2, -0.15) is 0 Å². The van der Waals surface area contributed by atoms with Crippen LogP contribution in [-0.4, -0.2) is 16.3 Å². The monoisotopic (exact) mass is 252 g/mol. The lowest BCUT2D eigenvalue weighted by Gasteiger charge is -2.21. The van der Waals surface area contributed by atoms with Gasteiger partial charge in [-0.05, 0) is 31.7 Å². The van der Waals surface area contributed by atoms with E-state index in [1.54, 1.807) is 11.3 Å². The number of ketones is 2. The van der Waals surface area contributed by atoms with E-state index in [2.05, 4.69) is 0 Å². The van der Waals surface area contributed by atoms with Crippen molar-refractivity contribution in [3.63, 3.8) is 0 Å². The molecule has 2 heterocycles. The van der Waals surface area contributed by atoms with E-state index in [9.17, 15) is 9.59 Å². The minimum atomic E-state index is -0.862. The van der Waals surface area contributed by atoms with Crippen molar-refractivity contribution in [2.45, 2.75) is 25.0 Å². The number of carbonyl (C=O) groups is 2. The summed E-state index contributed by atoms with van der Waals surface area (Å²) in [5.41, 5.74) is 0. The third-order valence-corrected chi connectivity index (χ3v) is 5.49. The second kappa shape index (κ2) is 4.18. The molecule has 84 valence electrons. The van der Waals surface area contributed by atoms with Crippen LogP contribution in [0.4, 0.5) is 0 Å². The molecule has 0 saturated carbocycles. The predicted molar refractivity (Wildman–Crippen MR) is 68.6 cm³/mol. The summed E-state index contributed by atoms with van der Waals surface area (Å²) in [6.07, 6.45) is 2.52. The van der Waals surface area contributed by atoms with Crippen molar-refractivity contribution >= 4 is 39.6 Å². The first-order valence-electron chi connectivity index (χ1n) is 5.01. The van der Waals surface area contributed by atoms with Gasteiger partial charge in [0.1, 0.15) is 4.75 Å². The largest absolute Gasteiger partial charge is 0.298 e. The Morgan fingerprint density at radius 3 is 2.44 bits per heavy atom. The van der Waals surface area contributed by atoms with Gasteiger partial charge in [-0.15, -0.1) is 23.1 Å². The molecular weight excluding hydrogens is 240 g/mol. The Labute approximate surface area is 103 Å². The molecule has 1 aromatic rings. The van der Waals surface area contributed by atoms with Gasteiger partial charge in [0.25, 0.3) is 0 Å². The van der Waals surface area contributed by atoms with E-state index < -0.39 is 4.75 Å². The van der Waals surface area contributed by atoms with Crippen molar-refractivity contribution in [2.75, 3.05) is 0 Å². The normalized spacial score (nSPS) is 18.2. The molecule has 0 saturated heterocycles. The van der Waals surface area contributed by atoms with Gasteiger partial charge in [0, 0.05) is 9.78 Å². The molecule has 0 atom stereocenters. The van der Waals surface area contributed by atoms with Crippen LogP contribution in [0.25, 0.3) is 4.91 Å². The molecule has 1 aromatic heterocycles. The third kappa shape index (κ3) is 1.76. The van der Waals surface area contributed by atoms with Crippen LogP contribution in [0.3, 0.4) is 0 Å². The van der Waals surface area contributed by atoms with E-state index in [-0.39, 0.29) is 11.6 Å². The quantitative estimate of drug-likeness (QED) is 0.775. The molecule has 0 unspecified atom stereocenters. The van der Waals surface area contributed by atoms with Crippen LogP contribution < -0.4 is 0 Å². The minimum absolute atomic E-state index is 0.0483. The second-order valence-electron chi connectivity index (χ2n) is 3.79. The smallest absolute Gasteiger partial charge is 0.153 e. The lowest BCUT2D eigenvalue weighted by Crippen LogP contribution is -2.38. The van der Waals surface area contributed by atoms with Crippen LogP contribution in [-0.2, 0) is 9.59 Å². The number of thioether (sulfide) groups is 1. The number of rotatable bonds is 3. The molecule has 16 heavy (non-hydrogen) atoms. The first-order valence-corrected chi connectivity index (χ1v) is 6.71. The van der Waals surface area contributed by atoms with Gasteiger partial charge in [0.05, 0.1) is 0 Å². The molecule has 2 nitrogen and oxygen atoms in total. The van der Waals surface area contributed by atoms with E-state index >= 15 is 0 Å². The highest BCUT2D eigenvalue weighted by atomic mass is 32.2. The molecule has 0 aromatic carbocycles. The Hall–Kier alpha value is -0.870. The van der Waals surface area contributed by atoms with Crippen molar-refractivity contribution < 1.29 is 9.59 Å². The van der Waals surface area contributed by atoms with Crippen LogP contribution in [0.2, 0.25) is 0 Å². The highest BCUT2D eigenvalue weighted by Crippen LogP contribution is 2.48. The Kier molecular flexibility index (Phi) is 3.04. The number of Topliss-reactive ketones (excluding diaryl/α,β-unsaturated/α-hetero) is 2. The molecular formula is C12H12O2S2. The van der Waals surface area contributed by atoms with Gasteiger partial charge in [0.2, 0.25) is 0 Å². The maximum atomic E-state index is 11.7. The summed E-state index contributed by atoms with van der Waals surface area (Å²) in [4.78, 5) is 25.5. The number of hydrogen-bond acceptors (Lipinski definition) is 4. The fourth-order valence-electron chi connectivity index (χ4n) is 1.76. The lowest BCUT2D eigenvalue weighted by atomic mass is 9.96. The predicted octanol–water partition coefficient (Wildman–Crippen LogP) is 3.14. The van der Waals surface area contributed by atoms with Crippen LogP contribution in [0.15, 0.2) is 23.6 Å². The average Bonchev–Trinajstić information content (AvgIpc) is 2.87. The molecule has 4 heteroatoms. The summed E-state index contributed by atoms with van der Waals surface area (Å²) >= 11 is 3.04. The van der Waals surface area contributed by atoms with E-state index in [0.29, 0.717) is 6.42 Å². The van der Waals surface area contributed by atoms with E-state index in [1.165, 1.54) is 25.6 Å². The zero-order chi connectivity index (χ0) is 11.8. The van der Waals surface area contributed by atoms with Gasteiger partial charge >= 0.3 is 0 Å². The third-order valence-electron chi connectivity index (χ3n) is 2.76. The average molecular weight is 252 g/mol. The zero-order valence-corrected chi connectivity index (χ0v) is 10.8. The number of thiophene rings is 1. The Bertz CT molecular complexity index is 443. The summed E-state index contributed by atoms with van der Waals surface area (Å²) in [5.74, 6) is -0.0967. The van der Waals surface area contributed by atoms with Gasteiger partial charge in [-0.1, -0.05) is 12.1 Å². The topological polar surface area (TPSA) is 34.1 Å². The standard InChI is InChI=1S/C12H12O2S2/c1-8(13)12(9(2)14)6-5-11(16-12)10-4-3-7-15-10/h3-5,7H,6H2,1-2H3. The summed E-state index contributed by atoms with van der Waals surface area (Å²) in [6.45, 7) is 3.00. The molecule has 2 rings (SSSR count). The highest BCUT2D eigenvalue weighted by Gasteiger charge is 2.44. The molecule has 0 N–H and O–H groups in total. The van der Waals surface area contributed by atoms with Crippen LogP contribution in [0.1, 0.15) is 25.1 Å². The number of carbonyl (C=O) groups excluding carboxylic acids is 2. The molecule has 1 aliphatic heterocycles. The van der Waals surface area contributed by atoms with Crippen molar-refractivity contribution in [3.8, 4) is 0 Å². The molecule has 0 amide bonds. The first-order chi connectivity index (χ1) is 7.56. The van der Waals surface area contributed by atoms with Crippen molar-refractivity contribution in [1.82, 2.24) is 0 Å². The molecule has 0 spiro atoms. The lowest BCUT2D eigenvalue weighted by molar-refractivity contribution is -0.128. The minimum Gasteiger partial charge on any atom is -0.298 e. The zero-order valence-electron chi connectivity index (χ0n) is 9.15. The van der Waals surface area contributed by atoms with Crippen LogP contribution in [0, 0.1) is 0 Å². The van der Waals surface area contributed by atoms with Crippen LogP contribution in [0.5, 0.6) is 0 Å². The maximum absolute atomic E-state index is 11.7. The maximum Gasteiger partial charge on any atom is 0.153 e. The summed E-state index contributed by atoms with van der Waals surface area (Å²) in [6, 6.07) is 3.99. The van der Waals surface area contributed by atoms with Gasteiger partial charge in [0.15, 0.2) is 11.6 Å². The molecule has 1 aliphatic rings. The summed E-state index contributed by atoms with van der Waals surface area (Å²) in [5, 5.41) is 2.00. The molecule has 0 bridgehead atoms. The van der Waals surface area contributed by atoms with E-state index in [0.717, 1.165) is 9.78 Å². The molecule has 0 fully saturated rings. The van der Waals surface area contributed by atoms with Gasteiger partial charge in [-0.25, -0.2) is 0 Å². The molecule has 0 radical (unpaired) electrons. The van der Waals surface area contributed by atoms with Gasteiger partial charge < -0.3 is 0 Å². The Balaban J connectivity index is 2.28. The second-order valence-corrected chi connectivity index (χ2v) is 6.08. The van der Waals surface area contributed by atoms with Crippen molar-refractivity contribution in [2.24, 2.45) is 0 Å². The van der Waals surface area contributed by atoms with Crippen molar-refractivity contribution in [1.29, 1.82) is 0 Å². The van der Waals surface area contributed by atoms with Gasteiger partial charge in [-0.3, -0.25) is 9.59 Å². The SMILES string of the molecule is CC(=O)C1(C(C)=O)CC=C(c2cccs2)S1. The first kappa shape index (κ1) is 11.6. The van der Waals surface area contributed by atoms with E-state index in [4.69, 9.17) is 0 Å². The Morgan fingerprint density at radius 1 is 1.31 bits per heavy atom. The Morgan fingerprint density at radius 2 is 2.00 bits per heavy atom. The summed E-state index contributed by atoms with van der Waals surface area (Å²) < 4.78 is -0.862. The summed E-state index contributed by atoms with van der Waals surface area (Å²) in [7, 11) is 0. The molecule has 0 aliphatic carbocycles. The highest BCUT2D eigenvalue weighted by molar-refractivity contribution is 8.11.